The van der Waals surface area contributed by atoms with E-state index >= 15 is 0 Å². The molecule has 2 aromatic carbocycles. The molecular weight excluding hydrogens is 238 g/mol. The molecule has 1 aliphatic heterocycles. The first-order valence-electron chi connectivity index (χ1n) is 6.85. The van der Waals surface area contributed by atoms with E-state index in [4.69, 9.17) is 4.74 Å². The van der Waals surface area contributed by atoms with Crippen molar-refractivity contribution in [1.82, 2.24) is 5.32 Å². The molecule has 1 fully saturated rings. The monoisotopic (exact) mass is 257 g/mol. The summed E-state index contributed by atoms with van der Waals surface area (Å²) in [6, 6.07) is 12.3. The summed E-state index contributed by atoms with van der Waals surface area (Å²) in [6.45, 7) is 2.32. The Balaban J connectivity index is 1.81. The van der Waals surface area contributed by atoms with Crippen LogP contribution >= 0.6 is 0 Å². The Morgan fingerprint density at radius 1 is 1.21 bits per heavy atom. The molecule has 2 N–H and O–H groups in total. The van der Waals surface area contributed by atoms with Crippen molar-refractivity contribution in [3.8, 4) is 5.75 Å². The van der Waals surface area contributed by atoms with Gasteiger partial charge in [0.25, 0.3) is 0 Å². The molecule has 19 heavy (non-hydrogen) atoms. The second-order valence-electron chi connectivity index (χ2n) is 5.08. The summed E-state index contributed by atoms with van der Waals surface area (Å²) in [4.78, 5) is 0. The highest BCUT2D eigenvalue weighted by molar-refractivity contribution is 5.87. The van der Waals surface area contributed by atoms with E-state index in [0.29, 0.717) is 18.3 Å². The average Bonchev–Trinajstić information content (AvgIpc) is 2.47. The van der Waals surface area contributed by atoms with Gasteiger partial charge in [-0.2, -0.15) is 0 Å². The smallest absolute Gasteiger partial charge is 0.120 e. The zero-order valence-corrected chi connectivity index (χ0v) is 10.9. The van der Waals surface area contributed by atoms with Gasteiger partial charge in [0.15, 0.2) is 0 Å². The molecule has 1 atom stereocenters. The first kappa shape index (κ1) is 12.5. The average molecular weight is 257 g/mol. The fourth-order valence-electron chi connectivity index (χ4n) is 2.66. The Morgan fingerprint density at radius 2 is 2.11 bits per heavy atom. The molecule has 2 aromatic rings. The van der Waals surface area contributed by atoms with Crippen LogP contribution in [0.1, 0.15) is 18.4 Å². The first-order valence-corrected chi connectivity index (χ1v) is 6.85. The summed E-state index contributed by atoms with van der Waals surface area (Å²) in [7, 11) is 0. The molecule has 0 amide bonds. The Hall–Kier alpha value is -1.58. The molecule has 0 radical (unpaired) electrons. The third-order valence-electron chi connectivity index (χ3n) is 3.74. The van der Waals surface area contributed by atoms with Gasteiger partial charge in [0.1, 0.15) is 5.75 Å². The number of aromatic hydroxyl groups is 1. The minimum Gasteiger partial charge on any atom is -0.508 e. The van der Waals surface area contributed by atoms with Crippen molar-refractivity contribution in [2.24, 2.45) is 0 Å². The van der Waals surface area contributed by atoms with Gasteiger partial charge in [-0.3, -0.25) is 0 Å². The molecule has 0 saturated carbocycles. The van der Waals surface area contributed by atoms with Crippen LogP contribution < -0.4 is 5.32 Å². The number of hydrogen-bond acceptors (Lipinski definition) is 3. The molecule has 1 heterocycles. The van der Waals surface area contributed by atoms with E-state index in [1.54, 1.807) is 6.07 Å². The largest absolute Gasteiger partial charge is 0.508 e. The van der Waals surface area contributed by atoms with E-state index in [0.717, 1.165) is 42.4 Å². The van der Waals surface area contributed by atoms with E-state index in [-0.39, 0.29) is 0 Å². The zero-order chi connectivity index (χ0) is 13.1. The molecule has 0 aromatic heterocycles. The number of fused-ring (bicyclic) bond motifs is 1. The van der Waals surface area contributed by atoms with Gasteiger partial charge < -0.3 is 15.2 Å². The van der Waals surface area contributed by atoms with Crippen molar-refractivity contribution >= 4 is 10.8 Å². The minimum absolute atomic E-state index is 0.364. The van der Waals surface area contributed by atoms with E-state index in [1.807, 2.05) is 18.2 Å². The van der Waals surface area contributed by atoms with Crippen LogP contribution in [0.4, 0.5) is 0 Å². The van der Waals surface area contributed by atoms with E-state index < -0.39 is 0 Å². The number of rotatable bonds is 3. The minimum atomic E-state index is 0.364. The fourth-order valence-corrected chi connectivity index (χ4v) is 2.66. The second kappa shape index (κ2) is 5.59. The van der Waals surface area contributed by atoms with Gasteiger partial charge in [-0.25, -0.2) is 0 Å². The predicted molar refractivity (Wildman–Crippen MR) is 76.3 cm³/mol. The fraction of sp³-hybridized carbons (Fsp3) is 0.375. The van der Waals surface area contributed by atoms with Crippen molar-refractivity contribution < 1.29 is 9.84 Å². The van der Waals surface area contributed by atoms with Crippen LogP contribution in [0.3, 0.4) is 0 Å². The van der Waals surface area contributed by atoms with Gasteiger partial charge in [0.2, 0.25) is 0 Å². The second-order valence-corrected chi connectivity index (χ2v) is 5.08. The summed E-state index contributed by atoms with van der Waals surface area (Å²) in [5, 5.41) is 15.8. The van der Waals surface area contributed by atoms with Gasteiger partial charge in [-0.15, -0.1) is 0 Å². The van der Waals surface area contributed by atoms with Crippen molar-refractivity contribution in [3.05, 3.63) is 42.0 Å². The maximum Gasteiger partial charge on any atom is 0.120 e. The first-order chi connectivity index (χ1) is 9.34. The van der Waals surface area contributed by atoms with Gasteiger partial charge in [0.05, 0.1) is 6.61 Å². The molecule has 0 aliphatic carbocycles. The van der Waals surface area contributed by atoms with Crippen molar-refractivity contribution in [2.75, 3.05) is 13.2 Å². The summed E-state index contributed by atoms with van der Waals surface area (Å²) >= 11 is 0. The molecule has 1 aliphatic rings. The highest BCUT2D eigenvalue weighted by atomic mass is 16.5. The van der Waals surface area contributed by atoms with Crippen LogP contribution in [0.15, 0.2) is 36.4 Å². The standard InChI is InChI=1S/C16H19NO2/c18-16-8-7-12-4-1-2-6-14(12)15(16)10-17-13-5-3-9-19-11-13/h1-2,4,6-8,13,17-18H,3,5,9-11H2. The van der Waals surface area contributed by atoms with Crippen molar-refractivity contribution in [1.29, 1.82) is 0 Å². The van der Waals surface area contributed by atoms with E-state index in [2.05, 4.69) is 17.4 Å². The van der Waals surface area contributed by atoms with Gasteiger partial charge in [-0.1, -0.05) is 30.3 Å². The van der Waals surface area contributed by atoms with Gasteiger partial charge >= 0.3 is 0 Å². The number of phenols is 1. The number of benzene rings is 2. The Morgan fingerprint density at radius 3 is 2.95 bits per heavy atom. The molecule has 0 spiro atoms. The Bertz CT molecular complexity index is 562. The quantitative estimate of drug-likeness (QED) is 0.888. The summed E-state index contributed by atoms with van der Waals surface area (Å²) in [5.41, 5.74) is 0.976. The lowest BCUT2D eigenvalue weighted by Gasteiger charge is -2.23. The van der Waals surface area contributed by atoms with Crippen LogP contribution in [-0.2, 0) is 11.3 Å². The van der Waals surface area contributed by atoms with Crippen molar-refractivity contribution in [3.63, 3.8) is 0 Å². The summed E-state index contributed by atoms with van der Waals surface area (Å²) < 4.78 is 5.46. The molecule has 100 valence electrons. The lowest BCUT2D eigenvalue weighted by atomic mass is 10.0. The Labute approximate surface area is 113 Å². The lowest BCUT2D eigenvalue weighted by molar-refractivity contribution is 0.0699. The molecular formula is C16H19NO2. The van der Waals surface area contributed by atoms with Crippen LogP contribution in [0, 0.1) is 0 Å². The molecule has 3 heteroatoms. The number of hydrogen-bond donors (Lipinski definition) is 2. The van der Waals surface area contributed by atoms with Gasteiger partial charge in [-0.05, 0) is 29.7 Å². The highest BCUT2D eigenvalue weighted by Gasteiger charge is 2.14. The number of phenolic OH excluding ortho intramolecular Hbond substituents is 1. The maximum absolute atomic E-state index is 10.1. The summed E-state index contributed by atoms with van der Waals surface area (Å²) in [6.07, 6.45) is 2.25. The highest BCUT2D eigenvalue weighted by Crippen LogP contribution is 2.27. The lowest BCUT2D eigenvalue weighted by Crippen LogP contribution is -2.36. The number of ether oxygens (including phenoxy) is 1. The molecule has 3 nitrogen and oxygen atoms in total. The van der Waals surface area contributed by atoms with E-state index in [1.165, 1.54) is 0 Å². The third kappa shape index (κ3) is 2.72. The normalized spacial score (nSPS) is 19.7. The maximum atomic E-state index is 10.1. The molecule has 0 bridgehead atoms. The van der Waals surface area contributed by atoms with Crippen LogP contribution in [-0.4, -0.2) is 24.4 Å². The Kier molecular flexibility index (Phi) is 3.67. The SMILES string of the molecule is Oc1ccc2ccccc2c1CNC1CCCOC1. The van der Waals surface area contributed by atoms with E-state index in [9.17, 15) is 5.11 Å². The topological polar surface area (TPSA) is 41.5 Å². The van der Waals surface area contributed by atoms with Crippen LogP contribution in [0.2, 0.25) is 0 Å². The molecule has 1 saturated heterocycles. The van der Waals surface area contributed by atoms with Gasteiger partial charge in [0, 0.05) is 24.8 Å². The van der Waals surface area contributed by atoms with Crippen LogP contribution in [0.5, 0.6) is 5.75 Å². The van der Waals surface area contributed by atoms with Crippen LogP contribution in [0.25, 0.3) is 10.8 Å². The van der Waals surface area contributed by atoms with Crippen molar-refractivity contribution in [2.45, 2.75) is 25.4 Å². The molecule has 1 unspecified atom stereocenters. The predicted octanol–water partition coefficient (Wildman–Crippen LogP) is 2.81. The molecule has 3 rings (SSSR count). The summed E-state index contributed by atoms with van der Waals surface area (Å²) in [5.74, 6) is 0.364. The number of nitrogens with one attached hydrogen (secondary N) is 1. The third-order valence-corrected chi connectivity index (χ3v) is 3.74. The zero-order valence-electron chi connectivity index (χ0n) is 10.9.